The fourth-order valence-corrected chi connectivity index (χ4v) is 4.18. The van der Waals surface area contributed by atoms with E-state index >= 15 is 0 Å². The van der Waals surface area contributed by atoms with Crippen LogP contribution in [0.4, 0.5) is 0 Å². The number of rotatable bonds is 16. The van der Waals surface area contributed by atoms with Gasteiger partial charge in [0.2, 0.25) is 0 Å². The number of aromatic nitrogens is 1. The molecule has 0 aliphatic carbocycles. The fraction of sp³-hybridized carbons (Fsp3) is 0.560. The van der Waals surface area contributed by atoms with Crippen molar-refractivity contribution in [3.05, 3.63) is 51.5 Å². The number of carbonyl (C=O) groups is 2. The minimum absolute atomic E-state index is 0.0352. The third-order valence-corrected chi connectivity index (χ3v) is 6.09. The molecule has 2 amide bonds. The number of thiazole rings is 1. The van der Waals surface area contributed by atoms with Crippen LogP contribution in [0, 0.1) is 0 Å². The molecule has 0 bridgehead atoms. The van der Waals surface area contributed by atoms with E-state index in [0.717, 1.165) is 24.3 Å². The Morgan fingerprint density at radius 3 is 2.45 bits per heavy atom. The van der Waals surface area contributed by atoms with E-state index in [1.54, 1.807) is 24.5 Å². The Kier molecular flexibility index (Phi) is 12.7. The second kappa shape index (κ2) is 15.5. The molecule has 0 saturated carbocycles. The van der Waals surface area contributed by atoms with Crippen LogP contribution in [-0.4, -0.2) is 62.2 Å². The predicted molar refractivity (Wildman–Crippen MR) is 132 cm³/mol. The number of nitrogens with zero attached hydrogens (tertiary/aromatic N) is 2. The van der Waals surface area contributed by atoms with Crippen LogP contribution in [0.15, 0.2) is 29.6 Å². The summed E-state index contributed by atoms with van der Waals surface area (Å²) in [6.45, 7) is 4.83. The van der Waals surface area contributed by atoms with Crippen molar-refractivity contribution in [1.29, 1.82) is 0 Å². The van der Waals surface area contributed by atoms with Crippen molar-refractivity contribution in [2.45, 2.75) is 52.0 Å². The first-order valence-corrected chi connectivity index (χ1v) is 12.6. The number of hydrogen-bond donors (Lipinski definition) is 1. The second-order valence-electron chi connectivity index (χ2n) is 7.96. The largest absolute Gasteiger partial charge is 0.385 e. The van der Waals surface area contributed by atoms with Crippen LogP contribution in [0.25, 0.3) is 0 Å². The molecule has 0 unspecified atom stereocenters. The molecule has 0 spiro atoms. The molecule has 1 heterocycles. The van der Waals surface area contributed by atoms with Gasteiger partial charge in [0.05, 0.1) is 6.54 Å². The monoisotopic (exact) mass is 475 g/mol. The highest BCUT2D eigenvalue weighted by atomic mass is 32.1. The van der Waals surface area contributed by atoms with E-state index in [0.29, 0.717) is 44.1 Å². The molecule has 0 saturated heterocycles. The molecule has 0 radical (unpaired) electrons. The summed E-state index contributed by atoms with van der Waals surface area (Å²) in [5.41, 5.74) is 2.31. The van der Waals surface area contributed by atoms with Gasteiger partial charge in [0.25, 0.3) is 11.8 Å². The van der Waals surface area contributed by atoms with E-state index in [2.05, 4.69) is 17.2 Å². The number of nitrogens with one attached hydrogen (secondary N) is 1. The molecule has 1 N–H and O–H groups in total. The summed E-state index contributed by atoms with van der Waals surface area (Å²) in [6.07, 6.45) is 6.10. The van der Waals surface area contributed by atoms with E-state index < -0.39 is 0 Å². The predicted octanol–water partition coefficient (Wildman–Crippen LogP) is 4.32. The van der Waals surface area contributed by atoms with Gasteiger partial charge in [0.1, 0.15) is 10.7 Å². The number of carbonyl (C=O) groups excluding carboxylic acids is 2. The second-order valence-corrected chi connectivity index (χ2v) is 8.90. The van der Waals surface area contributed by atoms with Gasteiger partial charge >= 0.3 is 0 Å². The Morgan fingerprint density at radius 1 is 1.03 bits per heavy atom. The SMILES string of the molecule is CCCCCc1ccc(C(=O)N(CCCOC)Cc2nc(C(=O)NCCCOC)cs2)cc1. The van der Waals surface area contributed by atoms with Gasteiger partial charge in [-0.1, -0.05) is 31.9 Å². The lowest BCUT2D eigenvalue weighted by molar-refractivity contribution is 0.0723. The number of aryl methyl sites for hydroxylation is 1. The molecule has 0 aliphatic rings. The van der Waals surface area contributed by atoms with Crippen LogP contribution < -0.4 is 5.32 Å². The zero-order valence-electron chi connectivity index (χ0n) is 20.1. The zero-order valence-corrected chi connectivity index (χ0v) is 20.9. The summed E-state index contributed by atoms with van der Waals surface area (Å²) in [6, 6.07) is 7.92. The zero-order chi connectivity index (χ0) is 23.9. The number of unbranched alkanes of at least 4 members (excludes halogenated alkanes) is 2. The van der Waals surface area contributed by atoms with E-state index in [4.69, 9.17) is 9.47 Å². The van der Waals surface area contributed by atoms with Crippen molar-refractivity contribution in [1.82, 2.24) is 15.2 Å². The van der Waals surface area contributed by atoms with Crippen molar-refractivity contribution < 1.29 is 19.1 Å². The van der Waals surface area contributed by atoms with Gasteiger partial charge in [0, 0.05) is 51.5 Å². The first-order chi connectivity index (χ1) is 16.1. The van der Waals surface area contributed by atoms with Crippen LogP contribution in [-0.2, 0) is 22.4 Å². The maximum atomic E-state index is 13.2. The Bertz CT molecular complexity index is 838. The lowest BCUT2D eigenvalue weighted by Crippen LogP contribution is -2.32. The van der Waals surface area contributed by atoms with Crippen molar-refractivity contribution in [2.75, 3.05) is 40.5 Å². The molecule has 8 heteroatoms. The Morgan fingerprint density at radius 2 is 1.76 bits per heavy atom. The van der Waals surface area contributed by atoms with Gasteiger partial charge in [-0.05, 0) is 43.4 Å². The van der Waals surface area contributed by atoms with Crippen LogP contribution in [0.2, 0.25) is 0 Å². The topological polar surface area (TPSA) is 80.8 Å². The molecule has 33 heavy (non-hydrogen) atoms. The molecular weight excluding hydrogens is 438 g/mol. The third kappa shape index (κ3) is 9.61. The van der Waals surface area contributed by atoms with Crippen LogP contribution >= 0.6 is 11.3 Å². The normalized spacial score (nSPS) is 10.9. The Hall–Kier alpha value is -2.29. The Balaban J connectivity index is 2.01. The van der Waals surface area contributed by atoms with Crippen molar-refractivity contribution >= 4 is 23.2 Å². The minimum atomic E-state index is -0.204. The van der Waals surface area contributed by atoms with Crippen molar-refractivity contribution in [2.24, 2.45) is 0 Å². The summed E-state index contributed by atoms with van der Waals surface area (Å²) in [4.78, 5) is 31.8. The molecule has 2 rings (SSSR count). The van der Waals surface area contributed by atoms with Gasteiger partial charge in [-0.15, -0.1) is 11.3 Å². The summed E-state index contributed by atoms with van der Waals surface area (Å²) < 4.78 is 10.2. The van der Waals surface area contributed by atoms with E-state index in [-0.39, 0.29) is 11.8 Å². The lowest BCUT2D eigenvalue weighted by Gasteiger charge is -2.22. The maximum absolute atomic E-state index is 13.2. The number of hydrogen-bond acceptors (Lipinski definition) is 6. The molecule has 0 aliphatic heterocycles. The molecule has 1 aromatic carbocycles. The summed E-state index contributed by atoms with van der Waals surface area (Å²) in [7, 11) is 3.29. The number of methoxy groups -OCH3 is 2. The smallest absolute Gasteiger partial charge is 0.270 e. The first kappa shape index (κ1) is 27.0. The summed E-state index contributed by atoms with van der Waals surface area (Å²) in [5.74, 6) is -0.239. The number of benzene rings is 1. The Labute approximate surface area is 201 Å². The van der Waals surface area contributed by atoms with Gasteiger partial charge < -0.3 is 19.7 Å². The van der Waals surface area contributed by atoms with Gasteiger partial charge in [-0.2, -0.15) is 0 Å². The van der Waals surface area contributed by atoms with Crippen LogP contribution in [0.3, 0.4) is 0 Å². The maximum Gasteiger partial charge on any atom is 0.270 e. The fourth-order valence-electron chi connectivity index (χ4n) is 3.39. The van der Waals surface area contributed by atoms with Crippen LogP contribution in [0.5, 0.6) is 0 Å². The molecule has 182 valence electrons. The standard InChI is InChI=1S/C25H37N3O4S/c1-4-5-6-9-20-10-12-21(13-11-20)25(30)28(15-8-17-32-3)18-23-27-22(19-33-23)24(29)26-14-7-16-31-2/h10-13,19H,4-9,14-18H2,1-3H3,(H,26,29). The highest BCUT2D eigenvalue weighted by Crippen LogP contribution is 2.16. The van der Waals surface area contributed by atoms with E-state index in [9.17, 15) is 9.59 Å². The number of amides is 2. The molecular formula is C25H37N3O4S. The first-order valence-electron chi connectivity index (χ1n) is 11.7. The molecule has 7 nitrogen and oxygen atoms in total. The molecule has 1 aromatic heterocycles. The van der Waals surface area contributed by atoms with Gasteiger partial charge in [0.15, 0.2) is 0 Å². The van der Waals surface area contributed by atoms with Gasteiger partial charge in [-0.3, -0.25) is 9.59 Å². The van der Waals surface area contributed by atoms with Gasteiger partial charge in [-0.25, -0.2) is 4.98 Å². The van der Waals surface area contributed by atoms with E-state index in [1.165, 1.54) is 36.2 Å². The van der Waals surface area contributed by atoms with Crippen molar-refractivity contribution in [3.8, 4) is 0 Å². The lowest BCUT2D eigenvalue weighted by atomic mass is 10.0. The molecule has 2 aromatic rings. The average Bonchev–Trinajstić information content (AvgIpc) is 3.30. The highest BCUT2D eigenvalue weighted by Gasteiger charge is 2.19. The number of ether oxygens (including phenoxy) is 2. The average molecular weight is 476 g/mol. The van der Waals surface area contributed by atoms with Crippen molar-refractivity contribution in [3.63, 3.8) is 0 Å². The quantitative estimate of drug-likeness (QED) is 0.366. The molecule has 0 fully saturated rings. The third-order valence-electron chi connectivity index (χ3n) is 5.25. The highest BCUT2D eigenvalue weighted by molar-refractivity contribution is 7.09. The summed E-state index contributed by atoms with van der Waals surface area (Å²) in [5, 5.41) is 5.32. The van der Waals surface area contributed by atoms with Crippen LogP contribution in [0.1, 0.15) is 70.4 Å². The van der Waals surface area contributed by atoms with E-state index in [1.807, 2.05) is 24.3 Å². The minimum Gasteiger partial charge on any atom is -0.385 e. The summed E-state index contributed by atoms with van der Waals surface area (Å²) >= 11 is 1.39. The molecule has 0 atom stereocenters.